The van der Waals surface area contributed by atoms with E-state index in [0.29, 0.717) is 19.1 Å². The molecule has 4 rings (SSSR count). The van der Waals surface area contributed by atoms with E-state index < -0.39 is 0 Å². The minimum Gasteiger partial charge on any atom is -0.371 e. The van der Waals surface area contributed by atoms with E-state index in [-0.39, 0.29) is 24.3 Å². The average molecular weight is 343 g/mol. The maximum atomic E-state index is 6.07. The van der Waals surface area contributed by atoms with Gasteiger partial charge in [0.2, 0.25) is 0 Å². The van der Waals surface area contributed by atoms with Gasteiger partial charge in [-0.2, -0.15) is 0 Å². The zero-order valence-electron chi connectivity index (χ0n) is 14.7. The van der Waals surface area contributed by atoms with Gasteiger partial charge in [0.25, 0.3) is 0 Å². The summed E-state index contributed by atoms with van der Waals surface area (Å²) in [5, 5.41) is 15.9. The molecule has 1 aromatic heterocycles. The number of nitrogens with one attached hydrogen (secondary N) is 1. The summed E-state index contributed by atoms with van der Waals surface area (Å²) in [6.07, 6.45) is 1.20. The third-order valence-electron chi connectivity index (χ3n) is 4.99. The fourth-order valence-electron chi connectivity index (χ4n) is 3.62. The van der Waals surface area contributed by atoms with Crippen molar-refractivity contribution >= 4 is 0 Å². The monoisotopic (exact) mass is 343 g/mol. The summed E-state index contributed by atoms with van der Waals surface area (Å²) in [6.45, 7) is 6.71. The number of fused-ring (bicyclic) bond motifs is 1. The number of benzene rings is 1. The van der Waals surface area contributed by atoms with Crippen molar-refractivity contribution in [1.82, 2.24) is 25.5 Å². The number of hydrogen-bond donors (Lipinski definition) is 1. The quantitative estimate of drug-likeness (QED) is 0.860. The fraction of sp³-hybridized carbons (Fsp3) is 0.611. The van der Waals surface area contributed by atoms with Crippen LogP contribution in [-0.4, -0.2) is 58.2 Å². The fourth-order valence-corrected chi connectivity index (χ4v) is 3.62. The summed E-state index contributed by atoms with van der Waals surface area (Å²) in [7, 11) is 0. The lowest BCUT2D eigenvalue weighted by molar-refractivity contribution is 0.0621. The Morgan fingerprint density at radius 1 is 1.16 bits per heavy atom. The van der Waals surface area contributed by atoms with Crippen molar-refractivity contribution in [3.63, 3.8) is 0 Å². The molecule has 3 heterocycles. The summed E-state index contributed by atoms with van der Waals surface area (Å²) >= 11 is 0. The molecule has 134 valence electrons. The molecule has 1 N–H and O–H groups in total. The van der Waals surface area contributed by atoms with Crippen molar-refractivity contribution in [3.05, 3.63) is 30.3 Å². The molecule has 2 aromatic rings. The minimum atomic E-state index is -0.0116. The maximum Gasteiger partial charge on any atom is 0.182 e. The van der Waals surface area contributed by atoms with Crippen molar-refractivity contribution in [1.29, 1.82) is 0 Å². The van der Waals surface area contributed by atoms with Crippen LogP contribution in [0.2, 0.25) is 0 Å². The zero-order chi connectivity index (χ0) is 17.2. The van der Waals surface area contributed by atoms with Crippen LogP contribution in [0.5, 0.6) is 0 Å². The summed E-state index contributed by atoms with van der Waals surface area (Å²) in [4.78, 5) is 0. The lowest BCUT2D eigenvalue weighted by Crippen LogP contribution is -2.41. The van der Waals surface area contributed by atoms with E-state index in [1.54, 1.807) is 0 Å². The molecule has 1 aromatic carbocycles. The first kappa shape index (κ1) is 16.6. The Kier molecular flexibility index (Phi) is 4.78. The van der Waals surface area contributed by atoms with Crippen molar-refractivity contribution in [3.8, 4) is 11.4 Å². The molecular formula is C18H25N5O2. The van der Waals surface area contributed by atoms with E-state index in [4.69, 9.17) is 9.47 Å². The van der Waals surface area contributed by atoms with Crippen LogP contribution in [0.1, 0.15) is 26.3 Å². The predicted octanol–water partition coefficient (Wildman–Crippen LogP) is 1.68. The Bertz CT molecular complexity index is 690. The average Bonchev–Trinajstić information content (AvgIpc) is 3.31. The SMILES string of the molecule is CC(C)CCN[C@H]1CO[C@H]2[C@@H]1OC[C@@H]2n1nnnc1-c1ccccc1. The van der Waals surface area contributed by atoms with Crippen molar-refractivity contribution in [2.45, 2.75) is 44.6 Å². The second-order valence-corrected chi connectivity index (χ2v) is 7.22. The van der Waals surface area contributed by atoms with Gasteiger partial charge in [0, 0.05) is 5.56 Å². The van der Waals surface area contributed by atoms with Crippen molar-refractivity contribution < 1.29 is 9.47 Å². The molecule has 0 bridgehead atoms. The molecule has 0 saturated carbocycles. The van der Waals surface area contributed by atoms with Gasteiger partial charge in [-0.1, -0.05) is 44.2 Å². The predicted molar refractivity (Wildman–Crippen MR) is 93.0 cm³/mol. The Morgan fingerprint density at radius 2 is 1.96 bits per heavy atom. The highest BCUT2D eigenvalue weighted by Crippen LogP contribution is 2.35. The van der Waals surface area contributed by atoms with Crippen LogP contribution in [0, 0.1) is 5.92 Å². The van der Waals surface area contributed by atoms with Crippen LogP contribution in [0.15, 0.2) is 30.3 Å². The Hall–Kier alpha value is -1.83. The molecule has 0 spiro atoms. The van der Waals surface area contributed by atoms with E-state index in [1.165, 1.54) is 0 Å². The highest BCUT2D eigenvalue weighted by atomic mass is 16.6. The Labute approximate surface area is 147 Å². The van der Waals surface area contributed by atoms with Crippen LogP contribution < -0.4 is 5.32 Å². The number of nitrogens with zero attached hydrogens (tertiary/aromatic N) is 4. The van der Waals surface area contributed by atoms with Gasteiger partial charge in [-0.3, -0.25) is 0 Å². The second-order valence-electron chi connectivity index (χ2n) is 7.22. The first-order valence-electron chi connectivity index (χ1n) is 9.04. The molecule has 2 aliphatic heterocycles. The maximum absolute atomic E-state index is 6.07. The first-order valence-corrected chi connectivity index (χ1v) is 9.04. The first-order chi connectivity index (χ1) is 12.2. The summed E-state index contributed by atoms with van der Waals surface area (Å²) in [6, 6.07) is 10.2. The highest BCUT2D eigenvalue weighted by molar-refractivity contribution is 5.54. The Morgan fingerprint density at radius 3 is 2.76 bits per heavy atom. The summed E-state index contributed by atoms with van der Waals surface area (Å²) in [5.41, 5.74) is 1.00. The number of ether oxygens (including phenoxy) is 2. The van der Waals surface area contributed by atoms with Crippen LogP contribution >= 0.6 is 0 Å². The van der Waals surface area contributed by atoms with Gasteiger partial charge in [0.05, 0.1) is 19.3 Å². The Balaban J connectivity index is 1.47. The lowest BCUT2D eigenvalue weighted by atomic mass is 10.1. The number of rotatable bonds is 6. The van der Waals surface area contributed by atoms with Crippen LogP contribution in [0.3, 0.4) is 0 Å². The lowest BCUT2D eigenvalue weighted by Gasteiger charge is -2.18. The summed E-state index contributed by atoms with van der Waals surface area (Å²) < 4.78 is 14.0. The van der Waals surface area contributed by atoms with E-state index in [9.17, 15) is 0 Å². The number of aromatic nitrogens is 4. The molecule has 2 saturated heterocycles. The van der Waals surface area contributed by atoms with E-state index in [2.05, 4.69) is 34.7 Å². The highest BCUT2D eigenvalue weighted by Gasteiger charge is 2.49. The van der Waals surface area contributed by atoms with Crippen LogP contribution in [0.4, 0.5) is 0 Å². The van der Waals surface area contributed by atoms with Crippen molar-refractivity contribution in [2.24, 2.45) is 5.92 Å². The van der Waals surface area contributed by atoms with Crippen LogP contribution in [0.25, 0.3) is 11.4 Å². The summed E-state index contributed by atoms with van der Waals surface area (Å²) in [5.74, 6) is 1.45. The van der Waals surface area contributed by atoms with Crippen molar-refractivity contribution in [2.75, 3.05) is 19.8 Å². The molecule has 7 heteroatoms. The van der Waals surface area contributed by atoms with Crippen LogP contribution in [-0.2, 0) is 9.47 Å². The topological polar surface area (TPSA) is 74.1 Å². The van der Waals surface area contributed by atoms with Gasteiger partial charge in [0.1, 0.15) is 18.2 Å². The van der Waals surface area contributed by atoms with Gasteiger partial charge in [-0.25, -0.2) is 4.68 Å². The number of tetrazole rings is 1. The van der Waals surface area contributed by atoms with E-state index in [0.717, 1.165) is 24.4 Å². The zero-order valence-corrected chi connectivity index (χ0v) is 14.7. The van der Waals surface area contributed by atoms with Gasteiger partial charge in [0.15, 0.2) is 5.82 Å². The molecule has 0 unspecified atom stereocenters. The molecule has 25 heavy (non-hydrogen) atoms. The molecule has 2 fully saturated rings. The van der Waals surface area contributed by atoms with Gasteiger partial charge < -0.3 is 14.8 Å². The molecule has 2 aliphatic rings. The molecule has 0 radical (unpaired) electrons. The normalized spacial score (nSPS) is 28.6. The minimum absolute atomic E-state index is 0.00658. The third-order valence-corrected chi connectivity index (χ3v) is 4.99. The second kappa shape index (κ2) is 7.19. The standard InChI is InChI=1S/C18H25N5O2/c1-12(2)8-9-19-14-10-24-17-15(11-25-16(14)17)23-18(20-21-22-23)13-6-4-3-5-7-13/h3-7,12,14-17,19H,8-11H2,1-2H3/t14-,15-,16+,17+/m0/s1. The smallest absolute Gasteiger partial charge is 0.182 e. The van der Waals surface area contributed by atoms with Gasteiger partial charge in [-0.15, -0.1) is 5.10 Å². The molecular weight excluding hydrogens is 318 g/mol. The van der Waals surface area contributed by atoms with E-state index >= 15 is 0 Å². The molecule has 7 nitrogen and oxygen atoms in total. The number of hydrogen-bond acceptors (Lipinski definition) is 6. The molecule has 0 aliphatic carbocycles. The van der Waals surface area contributed by atoms with Gasteiger partial charge in [-0.05, 0) is 29.3 Å². The largest absolute Gasteiger partial charge is 0.371 e. The molecule has 0 amide bonds. The van der Waals surface area contributed by atoms with Gasteiger partial charge >= 0.3 is 0 Å². The third kappa shape index (κ3) is 3.31. The van der Waals surface area contributed by atoms with E-state index in [1.807, 2.05) is 35.0 Å². The molecule has 4 atom stereocenters.